The largest absolute Gasteiger partial charge is 0.497 e. The van der Waals surface area contributed by atoms with Crippen LogP contribution in [-0.2, 0) is 0 Å². The maximum Gasteiger partial charge on any atom is 0.319 e. The van der Waals surface area contributed by atoms with Crippen molar-refractivity contribution in [2.24, 2.45) is 0 Å². The van der Waals surface area contributed by atoms with E-state index in [0.717, 1.165) is 0 Å². The van der Waals surface area contributed by atoms with Crippen molar-refractivity contribution in [2.45, 2.75) is 13.0 Å². The van der Waals surface area contributed by atoms with Gasteiger partial charge in [0.05, 0.1) is 31.0 Å². The third kappa shape index (κ3) is 4.29. The van der Waals surface area contributed by atoms with Crippen molar-refractivity contribution >= 4 is 23.3 Å². The van der Waals surface area contributed by atoms with Crippen molar-refractivity contribution < 1.29 is 18.7 Å². The summed E-state index contributed by atoms with van der Waals surface area (Å²) in [6.45, 7) is 1.75. The number of hydrogen-bond donors (Lipinski definition) is 2. The summed E-state index contributed by atoms with van der Waals surface area (Å²) >= 11 is 6.07. The molecule has 1 atom stereocenters. The molecule has 0 saturated heterocycles. The Morgan fingerprint density at radius 3 is 2.50 bits per heavy atom. The number of benzene rings is 2. The first kappa shape index (κ1) is 17.9. The van der Waals surface area contributed by atoms with Gasteiger partial charge in [-0.2, -0.15) is 0 Å². The monoisotopic (exact) mass is 352 g/mol. The zero-order valence-electron chi connectivity index (χ0n) is 13.5. The summed E-state index contributed by atoms with van der Waals surface area (Å²) in [6.07, 6.45) is 0. The van der Waals surface area contributed by atoms with E-state index in [1.165, 1.54) is 26.4 Å². The van der Waals surface area contributed by atoms with E-state index in [1.54, 1.807) is 31.2 Å². The maximum atomic E-state index is 13.7. The van der Waals surface area contributed by atoms with Crippen LogP contribution in [0.3, 0.4) is 0 Å². The average Bonchev–Trinajstić information content (AvgIpc) is 2.56. The molecule has 5 nitrogen and oxygen atoms in total. The number of nitrogens with one attached hydrogen (secondary N) is 2. The summed E-state index contributed by atoms with van der Waals surface area (Å²) in [7, 11) is 2.92. The second-order valence-corrected chi connectivity index (χ2v) is 5.47. The molecule has 2 N–H and O–H groups in total. The molecule has 1 unspecified atom stereocenters. The van der Waals surface area contributed by atoms with Gasteiger partial charge in [-0.15, -0.1) is 0 Å². The average molecular weight is 353 g/mol. The highest BCUT2D eigenvalue weighted by atomic mass is 35.5. The van der Waals surface area contributed by atoms with Crippen molar-refractivity contribution in [2.75, 3.05) is 19.5 Å². The van der Waals surface area contributed by atoms with Crippen molar-refractivity contribution in [3.05, 3.63) is 52.8 Å². The second kappa shape index (κ2) is 7.88. The molecule has 2 rings (SSSR count). The van der Waals surface area contributed by atoms with Gasteiger partial charge in [-0.3, -0.25) is 0 Å². The number of carbonyl (C=O) groups excluding carboxylic acids is 1. The predicted octanol–water partition coefficient (Wildman–Crippen LogP) is 4.38. The SMILES string of the molecule is COc1ccc(NC(=O)NC(C)c2ccc(OC)c(F)c2)c(Cl)c1. The molecule has 0 fully saturated rings. The van der Waals surface area contributed by atoms with Crippen molar-refractivity contribution in [1.82, 2.24) is 5.32 Å². The molecule has 0 saturated carbocycles. The molecule has 0 aliphatic rings. The van der Waals surface area contributed by atoms with Gasteiger partial charge in [0.15, 0.2) is 11.6 Å². The second-order valence-electron chi connectivity index (χ2n) is 5.06. The van der Waals surface area contributed by atoms with E-state index in [-0.39, 0.29) is 5.75 Å². The molecule has 0 aliphatic carbocycles. The quantitative estimate of drug-likeness (QED) is 0.839. The zero-order valence-corrected chi connectivity index (χ0v) is 14.3. The van der Waals surface area contributed by atoms with Gasteiger partial charge in [0, 0.05) is 6.07 Å². The van der Waals surface area contributed by atoms with E-state index >= 15 is 0 Å². The summed E-state index contributed by atoms with van der Waals surface area (Å²) in [4.78, 5) is 12.1. The van der Waals surface area contributed by atoms with Crippen LogP contribution in [0.2, 0.25) is 5.02 Å². The molecule has 2 aromatic carbocycles. The summed E-state index contributed by atoms with van der Waals surface area (Å²) in [5.41, 5.74) is 1.06. The van der Waals surface area contributed by atoms with Gasteiger partial charge in [0.1, 0.15) is 5.75 Å². The van der Waals surface area contributed by atoms with Crippen molar-refractivity contribution in [1.29, 1.82) is 0 Å². The van der Waals surface area contributed by atoms with E-state index < -0.39 is 17.9 Å². The smallest absolute Gasteiger partial charge is 0.319 e. The third-order valence-electron chi connectivity index (χ3n) is 3.45. The molecule has 128 valence electrons. The van der Waals surface area contributed by atoms with Crippen LogP contribution in [0.15, 0.2) is 36.4 Å². The van der Waals surface area contributed by atoms with Crippen LogP contribution in [0.1, 0.15) is 18.5 Å². The number of amides is 2. The first-order chi connectivity index (χ1) is 11.4. The van der Waals surface area contributed by atoms with Gasteiger partial charge in [-0.05, 0) is 36.8 Å². The summed E-state index contributed by atoms with van der Waals surface area (Å²) in [5, 5.41) is 5.72. The van der Waals surface area contributed by atoms with Crippen LogP contribution in [0, 0.1) is 5.82 Å². The van der Waals surface area contributed by atoms with Gasteiger partial charge in [0.25, 0.3) is 0 Å². The molecule has 0 heterocycles. The van der Waals surface area contributed by atoms with E-state index in [1.807, 2.05) is 0 Å². The molecular formula is C17H18ClFN2O3. The first-order valence-electron chi connectivity index (χ1n) is 7.19. The van der Waals surface area contributed by atoms with Crippen LogP contribution < -0.4 is 20.1 Å². The Balaban J connectivity index is 2.02. The lowest BCUT2D eigenvalue weighted by Crippen LogP contribution is -2.31. The van der Waals surface area contributed by atoms with Gasteiger partial charge < -0.3 is 20.1 Å². The minimum absolute atomic E-state index is 0.153. The van der Waals surface area contributed by atoms with E-state index in [0.29, 0.717) is 22.0 Å². The Hall–Kier alpha value is -2.47. The molecule has 7 heteroatoms. The minimum atomic E-state index is -0.484. The molecule has 0 aromatic heterocycles. The zero-order chi connectivity index (χ0) is 17.7. The lowest BCUT2D eigenvalue weighted by Gasteiger charge is -2.16. The van der Waals surface area contributed by atoms with Crippen molar-refractivity contribution in [3.8, 4) is 11.5 Å². The molecule has 0 aliphatic heterocycles. The Bertz CT molecular complexity index is 740. The molecule has 24 heavy (non-hydrogen) atoms. The Morgan fingerprint density at radius 1 is 1.17 bits per heavy atom. The van der Waals surface area contributed by atoms with Gasteiger partial charge >= 0.3 is 6.03 Å². The Kier molecular flexibility index (Phi) is 5.87. The maximum absolute atomic E-state index is 13.7. The first-order valence-corrected chi connectivity index (χ1v) is 7.57. The summed E-state index contributed by atoms with van der Waals surface area (Å²) in [5.74, 6) is 0.260. The molecule has 0 bridgehead atoms. The number of urea groups is 1. The third-order valence-corrected chi connectivity index (χ3v) is 3.76. The fourth-order valence-electron chi connectivity index (χ4n) is 2.11. The number of ether oxygens (including phenoxy) is 2. The lowest BCUT2D eigenvalue weighted by molar-refractivity contribution is 0.249. The summed E-state index contributed by atoms with van der Waals surface area (Å²) < 4.78 is 23.7. The van der Waals surface area contributed by atoms with E-state index in [9.17, 15) is 9.18 Å². The van der Waals surface area contributed by atoms with Crippen LogP contribution in [-0.4, -0.2) is 20.3 Å². The number of methoxy groups -OCH3 is 2. The molecule has 2 amide bonds. The van der Waals surface area contributed by atoms with Crippen LogP contribution >= 0.6 is 11.6 Å². The highest BCUT2D eigenvalue weighted by molar-refractivity contribution is 6.33. The van der Waals surface area contributed by atoms with Crippen LogP contribution in [0.25, 0.3) is 0 Å². The van der Waals surface area contributed by atoms with Gasteiger partial charge in [-0.25, -0.2) is 9.18 Å². The number of hydrogen-bond acceptors (Lipinski definition) is 3. The van der Waals surface area contributed by atoms with E-state index in [2.05, 4.69) is 10.6 Å². The topological polar surface area (TPSA) is 59.6 Å². The van der Waals surface area contributed by atoms with Crippen LogP contribution in [0.5, 0.6) is 11.5 Å². The van der Waals surface area contributed by atoms with Crippen LogP contribution in [0.4, 0.5) is 14.9 Å². The van der Waals surface area contributed by atoms with E-state index in [4.69, 9.17) is 21.1 Å². The number of anilines is 1. The normalized spacial score (nSPS) is 11.5. The lowest BCUT2D eigenvalue weighted by atomic mass is 10.1. The van der Waals surface area contributed by atoms with Gasteiger partial charge in [0.2, 0.25) is 0 Å². The highest BCUT2D eigenvalue weighted by Gasteiger charge is 2.13. The fourth-order valence-corrected chi connectivity index (χ4v) is 2.33. The predicted molar refractivity (Wildman–Crippen MR) is 91.5 cm³/mol. The number of halogens is 2. The minimum Gasteiger partial charge on any atom is -0.497 e. The molecule has 0 radical (unpaired) electrons. The molecule has 2 aromatic rings. The Labute approximate surface area is 144 Å². The Morgan fingerprint density at radius 2 is 1.92 bits per heavy atom. The fraction of sp³-hybridized carbons (Fsp3) is 0.235. The van der Waals surface area contributed by atoms with Gasteiger partial charge in [-0.1, -0.05) is 17.7 Å². The standard InChI is InChI=1S/C17H18ClFN2O3/c1-10(11-4-7-16(24-3)14(19)8-11)20-17(22)21-15-6-5-12(23-2)9-13(15)18/h4-10H,1-3H3,(H2,20,21,22). The molecular weight excluding hydrogens is 335 g/mol. The number of rotatable bonds is 5. The summed E-state index contributed by atoms with van der Waals surface area (Å²) in [6, 6.07) is 8.59. The number of carbonyl (C=O) groups is 1. The van der Waals surface area contributed by atoms with Crippen molar-refractivity contribution in [3.63, 3.8) is 0 Å². The highest BCUT2D eigenvalue weighted by Crippen LogP contribution is 2.27. The molecule has 0 spiro atoms.